The quantitative estimate of drug-likeness (QED) is 0.766. The molecule has 0 bridgehead atoms. The lowest BCUT2D eigenvalue weighted by Crippen LogP contribution is -2.34. The molecule has 1 aliphatic carbocycles. The topological polar surface area (TPSA) is 84.9 Å². The van der Waals surface area contributed by atoms with Gasteiger partial charge in [-0.2, -0.15) is 13.1 Å². The highest BCUT2D eigenvalue weighted by molar-refractivity contribution is 7.83. The minimum absolute atomic E-state index is 0.103. The van der Waals surface area contributed by atoms with Crippen LogP contribution in [0.25, 0.3) is 0 Å². The van der Waals surface area contributed by atoms with Crippen LogP contribution in [0.15, 0.2) is 30.3 Å². The Morgan fingerprint density at radius 3 is 2.42 bits per heavy atom. The Bertz CT molecular complexity index is 628. The van der Waals surface area contributed by atoms with Gasteiger partial charge in [-0.1, -0.05) is 36.8 Å². The molecular formula is C17H25NO5S. The van der Waals surface area contributed by atoms with Gasteiger partial charge in [0.2, 0.25) is 0 Å². The first-order valence-corrected chi connectivity index (χ1v) is 10.0. The van der Waals surface area contributed by atoms with E-state index in [9.17, 15) is 8.42 Å². The van der Waals surface area contributed by atoms with Crippen LogP contribution in [0, 0.1) is 0 Å². The van der Waals surface area contributed by atoms with Gasteiger partial charge in [-0.15, -0.1) is 0 Å². The van der Waals surface area contributed by atoms with Gasteiger partial charge in [0.1, 0.15) is 0 Å². The molecule has 1 aromatic rings. The number of rotatable bonds is 6. The van der Waals surface area contributed by atoms with Crippen molar-refractivity contribution in [1.29, 1.82) is 0 Å². The molecule has 1 aromatic carbocycles. The molecule has 2 atom stereocenters. The number of benzene rings is 1. The fourth-order valence-electron chi connectivity index (χ4n) is 3.65. The smallest absolute Gasteiger partial charge is 0.333 e. The van der Waals surface area contributed by atoms with E-state index in [1.165, 1.54) is 12.0 Å². The summed E-state index contributed by atoms with van der Waals surface area (Å²) in [5.41, 5.74) is 1.17. The van der Waals surface area contributed by atoms with Gasteiger partial charge in [-0.25, -0.2) is 0 Å². The van der Waals surface area contributed by atoms with Crippen LogP contribution in [0.4, 0.5) is 0 Å². The van der Waals surface area contributed by atoms with Crippen molar-refractivity contribution in [2.24, 2.45) is 0 Å². The number of nitrogens with one attached hydrogen (secondary N) is 1. The van der Waals surface area contributed by atoms with Crippen molar-refractivity contribution in [3.63, 3.8) is 0 Å². The Hall–Kier alpha value is -0.990. The van der Waals surface area contributed by atoms with Crippen LogP contribution < -0.4 is 4.72 Å². The third kappa shape index (κ3) is 4.77. The Balaban J connectivity index is 1.67. The zero-order valence-corrected chi connectivity index (χ0v) is 14.5. The maximum atomic E-state index is 10.8. The van der Waals surface area contributed by atoms with E-state index < -0.39 is 16.1 Å². The molecule has 1 saturated heterocycles. The van der Waals surface area contributed by atoms with E-state index in [0.717, 1.165) is 32.1 Å². The average molecular weight is 355 g/mol. The van der Waals surface area contributed by atoms with E-state index in [4.69, 9.17) is 14.0 Å². The molecule has 0 amide bonds. The van der Waals surface area contributed by atoms with Gasteiger partial charge in [-0.3, -0.25) is 4.55 Å². The van der Waals surface area contributed by atoms with E-state index in [-0.39, 0.29) is 18.8 Å². The second kappa shape index (κ2) is 7.49. The zero-order chi connectivity index (χ0) is 17.0. The van der Waals surface area contributed by atoms with Gasteiger partial charge in [-0.05, 0) is 24.8 Å². The van der Waals surface area contributed by atoms with Crippen LogP contribution in [-0.2, 0) is 26.2 Å². The molecule has 2 unspecified atom stereocenters. The highest BCUT2D eigenvalue weighted by Crippen LogP contribution is 2.42. The van der Waals surface area contributed by atoms with Crippen LogP contribution in [0.3, 0.4) is 0 Å². The Morgan fingerprint density at radius 1 is 1.08 bits per heavy atom. The molecule has 2 fully saturated rings. The lowest BCUT2D eigenvalue weighted by atomic mass is 9.94. The molecule has 1 heterocycles. The molecule has 1 spiro atoms. The Kier molecular flexibility index (Phi) is 5.56. The third-order valence-electron chi connectivity index (χ3n) is 4.76. The monoisotopic (exact) mass is 355 g/mol. The molecule has 24 heavy (non-hydrogen) atoms. The summed E-state index contributed by atoms with van der Waals surface area (Å²) in [7, 11) is -4.17. The molecule has 1 saturated carbocycles. The maximum absolute atomic E-state index is 10.8. The number of hydrogen-bond acceptors (Lipinski definition) is 4. The second-order valence-corrected chi connectivity index (χ2v) is 7.87. The SMILES string of the molecule is O=S(=O)(O)NCCC1OC2(CCCCC2)OC1Cc1ccccc1. The standard InChI is InChI=1S/C17H25NO5S/c19-24(20,21)18-12-9-15-16(13-14-7-3-1-4-8-14)23-17(22-15)10-5-2-6-11-17/h1,3-4,7-8,15-16,18H,2,5-6,9-13H2,(H,19,20,21). The van der Waals surface area contributed by atoms with Crippen molar-refractivity contribution in [3.05, 3.63) is 35.9 Å². The first-order valence-electron chi connectivity index (χ1n) is 8.57. The lowest BCUT2D eigenvalue weighted by Gasteiger charge is -2.32. The predicted molar refractivity (Wildman–Crippen MR) is 89.9 cm³/mol. The van der Waals surface area contributed by atoms with Crippen molar-refractivity contribution in [2.45, 2.75) is 62.9 Å². The molecule has 3 rings (SSSR count). The molecule has 7 heteroatoms. The first-order chi connectivity index (χ1) is 11.5. The van der Waals surface area contributed by atoms with Crippen LogP contribution >= 0.6 is 0 Å². The van der Waals surface area contributed by atoms with E-state index in [1.807, 2.05) is 18.2 Å². The lowest BCUT2D eigenvalue weighted by molar-refractivity contribution is -0.194. The number of hydrogen-bond donors (Lipinski definition) is 2. The zero-order valence-electron chi connectivity index (χ0n) is 13.7. The van der Waals surface area contributed by atoms with Crippen molar-refractivity contribution in [3.8, 4) is 0 Å². The number of ether oxygens (including phenoxy) is 2. The summed E-state index contributed by atoms with van der Waals surface area (Å²) >= 11 is 0. The minimum atomic E-state index is -4.17. The Labute approximate surface area is 143 Å². The van der Waals surface area contributed by atoms with Crippen LogP contribution in [-0.4, -0.2) is 37.5 Å². The summed E-state index contributed by atoms with van der Waals surface area (Å²) in [5.74, 6) is -0.513. The molecule has 0 aromatic heterocycles. The Morgan fingerprint density at radius 2 is 1.75 bits per heavy atom. The predicted octanol–water partition coefficient (Wildman–Crippen LogP) is 2.46. The van der Waals surface area contributed by atoms with Gasteiger partial charge >= 0.3 is 10.3 Å². The fraction of sp³-hybridized carbons (Fsp3) is 0.647. The van der Waals surface area contributed by atoms with Crippen LogP contribution in [0.5, 0.6) is 0 Å². The molecule has 0 radical (unpaired) electrons. The normalized spacial score (nSPS) is 26.7. The fourth-order valence-corrected chi connectivity index (χ4v) is 4.03. The van der Waals surface area contributed by atoms with Crippen LogP contribution in [0.1, 0.15) is 44.1 Å². The molecule has 1 aliphatic heterocycles. The first kappa shape index (κ1) is 17.8. The maximum Gasteiger partial charge on any atom is 0.333 e. The summed E-state index contributed by atoms with van der Waals surface area (Å²) in [6.07, 6.45) is 6.08. The second-order valence-electron chi connectivity index (χ2n) is 6.63. The van der Waals surface area contributed by atoms with Crippen molar-refractivity contribution < 1.29 is 22.4 Å². The molecule has 2 aliphatic rings. The van der Waals surface area contributed by atoms with Gasteiger partial charge in [0.25, 0.3) is 0 Å². The van der Waals surface area contributed by atoms with Gasteiger partial charge in [0, 0.05) is 25.8 Å². The highest BCUT2D eigenvalue weighted by Gasteiger charge is 2.47. The molecule has 134 valence electrons. The highest BCUT2D eigenvalue weighted by atomic mass is 32.2. The minimum Gasteiger partial charge on any atom is -0.344 e. The van der Waals surface area contributed by atoms with Gasteiger partial charge in [0.15, 0.2) is 5.79 Å². The summed E-state index contributed by atoms with van der Waals surface area (Å²) in [6, 6.07) is 10.1. The van der Waals surface area contributed by atoms with Crippen LogP contribution in [0.2, 0.25) is 0 Å². The largest absolute Gasteiger partial charge is 0.344 e. The summed E-state index contributed by atoms with van der Waals surface area (Å²) in [5, 5.41) is 0. The van der Waals surface area contributed by atoms with E-state index in [1.54, 1.807) is 0 Å². The molecule has 6 nitrogen and oxygen atoms in total. The van der Waals surface area contributed by atoms with E-state index in [0.29, 0.717) is 6.42 Å². The van der Waals surface area contributed by atoms with Crippen molar-refractivity contribution >= 4 is 10.3 Å². The summed E-state index contributed by atoms with van der Waals surface area (Å²) in [4.78, 5) is 0. The van der Waals surface area contributed by atoms with Gasteiger partial charge in [0.05, 0.1) is 12.2 Å². The molecule has 2 N–H and O–H groups in total. The van der Waals surface area contributed by atoms with E-state index >= 15 is 0 Å². The summed E-state index contributed by atoms with van der Waals surface area (Å²) in [6.45, 7) is 0.133. The van der Waals surface area contributed by atoms with Crippen molar-refractivity contribution in [1.82, 2.24) is 4.72 Å². The third-order valence-corrected chi connectivity index (χ3v) is 5.32. The van der Waals surface area contributed by atoms with Gasteiger partial charge < -0.3 is 9.47 Å². The van der Waals surface area contributed by atoms with Crippen molar-refractivity contribution in [2.75, 3.05) is 6.54 Å². The average Bonchev–Trinajstić information content (AvgIpc) is 2.85. The van der Waals surface area contributed by atoms with E-state index in [2.05, 4.69) is 16.9 Å². The summed E-state index contributed by atoms with van der Waals surface area (Å²) < 4.78 is 45.2. The molecular weight excluding hydrogens is 330 g/mol.